The molecule has 21 heavy (non-hydrogen) atoms. The Hall–Kier alpha value is -0.860. The van der Waals surface area contributed by atoms with Gasteiger partial charge in [0.1, 0.15) is 8.68 Å². The van der Waals surface area contributed by atoms with E-state index in [-0.39, 0.29) is 5.88 Å². The highest BCUT2D eigenvalue weighted by atomic mass is 79.9. The Balaban J connectivity index is 2.24. The number of nitrogens with one attached hydrogen (secondary N) is 1. The molecule has 0 unspecified atom stereocenters. The molecule has 0 aliphatic rings. The topological polar surface area (TPSA) is 72.2 Å². The van der Waals surface area contributed by atoms with Crippen LogP contribution in [0.25, 0.3) is 0 Å². The summed E-state index contributed by atoms with van der Waals surface area (Å²) in [6.45, 7) is 5.96. The minimum absolute atomic E-state index is 0.107. The van der Waals surface area contributed by atoms with Crippen LogP contribution in [0.4, 0.5) is 5.88 Å². The molecule has 2 aromatic heterocycles. The molecule has 0 radical (unpaired) electrons. The molecule has 0 atom stereocenters. The number of hydrogen-bond acceptors (Lipinski definition) is 5. The Kier molecular flexibility index (Phi) is 5.11. The van der Waals surface area contributed by atoms with Gasteiger partial charge >= 0.3 is 0 Å². The molecule has 0 saturated heterocycles. The summed E-state index contributed by atoms with van der Waals surface area (Å²) < 4.78 is 33.2. The number of aromatic nitrogens is 1. The average Bonchev–Trinajstić information content (AvgIpc) is 2.99. The normalized spacial score (nSPS) is 12.0. The van der Waals surface area contributed by atoms with Crippen LogP contribution in [-0.2, 0) is 16.4 Å². The smallest absolute Gasteiger partial charge is 0.274 e. The van der Waals surface area contributed by atoms with Gasteiger partial charge in [-0.15, -0.1) is 11.3 Å². The van der Waals surface area contributed by atoms with Crippen LogP contribution in [0.3, 0.4) is 0 Å². The van der Waals surface area contributed by atoms with E-state index in [1.807, 2.05) is 6.07 Å². The zero-order valence-electron chi connectivity index (χ0n) is 12.0. The van der Waals surface area contributed by atoms with Gasteiger partial charge in [-0.05, 0) is 58.6 Å². The minimum atomic E-state index is -3.65. The number of halogens is 1. The van der Waals surface area contributed by atoms with Crippen molar-refractivity contribution in [2.75, 3.05) is 4.72 Å². The van der Waals surface area contributed by atoms with E-state index in [1.54, 1.807) is 12.3 Å². The largest absolute Gasteiger partial charge is 0.336 e. The van der Waals surface area contributed by atoms with E-state index < -0.39 is 10.0 Å². The van der Waals surface area contributed by atoms with Crippen LogP contribution in [0.15, 0.2) is 24.7 Å². The summed E-state index contributed by atoms with van der Waals surface area (Å²) in [5.74, 6) is 0.634. The van der Waals surface area contributed by atoms with Crippen LogP contribution in [0, 0.1) is 12.8 Å². The van der Waals surface area contributed by atoms with Crippen molar-refractivity contribution in [3.05, 3.63) is 27.2 Å². The predicted octanol–water partition coefficient (Wildman–Crippen LogP) is 4.20. The molecule has 2 aromatic rings. The van der Waals surface area contributed by atoms with E-state index in [1.165, 1.54) is 11.3 Å². The van der Waals surface area contributed by atoms with Gasteiger partial charge in [0.15, 0.2) is 0 Å². The van der Waals surface area contributed by atoms with Crippen molar-refractivity contribution < 1.29 is 12.9 Å². The maximum Gasteiger partial charge on any atom is 0.274 e. The van der Waals surface area contributed by atoms with Gasteiger partial charge in [-0.25, -0.2) is 13.1 Å². The molecule has 1 N–H and O–H groups in total. The van der Waals surface area contributed by atoms with E-state index >= 15 is 0 Å². The van der Waals surface area contributed by atoms with Crippen molar-refractivity contribution in [3.63, 3.8) is 0 Å². The van der Waals surface area contributed by atoms with Gasteiger partial charge in [0.05, 0.1) is 5.69 Å². The summed E-state index contributed by atoms with van der Waals surface area (Å²) >= 11 is 4.47. The molecule has 0 aromatic carbocycles. The highest BCUT2D eigenvalue weighted by Gasteiger charge is 2.24. The third kappa shape index (κ3) is 3.87. The fraction of sp³-hybridized carbons (Fsp3) is 0.462. The van der Waals surface area contributed by atoms with Gasteiger partial charge in [-0.2, -0.15) is 0 Å². The molecule has 2 heterocycles. The number of thiophene rings is 1. The zero-order chi connectivity index (χ0) is 15.6. The number of anilines is 1. The second-order valence-electron chi connectivity index (χ2n) is 5.18. The van der Waals surface area contributed by atoms with Crippen molar-refractivity contribution in [3.8, 4) is 0 Å². The zero-order valence-corrected chi connectivity index (χ0v) is 15.2. The Morgan fingerprint density at radius 1 is 1.48 bits per heavy atom. The monoisotopic (exact) mass is 392 g/mol. The van der Waals surface area contributed by atoms with Gasteiger partial charge in [0, 0.05) is 0 Å². The van der Waals surface area contributed by atoms with E-state index in [4.69, 9.17) is 4.52 Å². The van der Waals surface area contributed by atoms with Crippen molar-refractivity contribution in [1.82, 2.24) is 5.16 Å². The first-order valence-electron chi connectivity index (χ1n) is 6.52. The van der Waals surface area contributed by atoms with Gasteiger partial charge in [0.25, 0.3) is 15.9 Å². The molecule has 116 valence electrons. The van der Waals surface area contributed by atoms with E-state index in [2.05, 4.69) is 39.7 Å². The summed E-state index contributed by atoms with van der Waals surface area (Å²) in [6.07, 6.45) is 1.69. The SMILES string of the molecule is Cc1noc(NS(=O)(=O)c2sccc2CCC(C)C)c1Br. The molecule has 0 fully saturated rings. The van der Waals surface area contributed by atoms with Crippen molar-refractivity contribution in [1.29, 1.82) is 0 Å². The van der Waals surface area contributed by atoms with Gasteiger partial charge in [0.2, 0.25) is 0 Å². The lowest BCUT2D eigenvalue weighted by atomic mass is 10.1. The third-order valence-electron chi connectivity index (χ3n) is 2.96. The predicted molar refractivity (Wildman–Crippen MR) is 87.2 cm³/mol. The highest BCUT2D eigenvalue weighted by Crippen LogP contribution is 2.31. The van der Waals surface area contributed by atoms with Gasteiger partial charge in [-0.3, -0.25) is 0 Å². The maximum absolute atomic E-state index is 12.5. The van der Waals surface area contributed by atoms with Gasteiger partial charge < -0.3 is 4.52 Å². The van der Waals surface area contributed by atoms with Crippen molar-refractivity contribution in [2.24, 2.45) is 5.92 Å². The molecular formula is C13H17BrN2O3S2. The lowest BCUT2D eigenvalue weighted by Crippen LogP contribution is -2.13. The summed E-state index contributed by atoms with van der Waals surface area (Å²) in [6, 6.07) is 1.86. The standard InChI is InChI=1S/C13H17BrN2O3S2/c1-8(2)4-5-10-6-7-20-13(10)21(17,18)16-12-11(14)9(3)15-19-12/h6-8,16H,4-5H2,1-3H3. The molecule has 8 heteroatoms. The molecule has 0 amide bonds. The molecule has 0 spiro atoms. The quantitative estimate of drug-likeness (QED) is 0.799. The Morgan fingerprint density at radius 2 is 2.19 bits per heavy atom. The molecular weight excluding hydrogens is 376 g/mol. The second kappa shape index (κ2) is 6.50. The first-order valence-corrected chi connectivity index (χ1v) is 9.68. The van der Waals surface area contributed by atoms with Crippen molar-refractivity contribution in [2.45, 2.75) is 37.8 Å². The first-order chi connectivity index (χ1) is 9.81. The number of nitrogens with zero attached hydrogens (tertiary/aromatic N) is 1. The molecule has 2 rings (SSSR count). The summed E-state index contributed by atoms with van der Waals surface area (Å²) in [4.78, 5) is 0. The van der Waals surface area contributed by atoms with Crippen molar-refractivity contribution >= 4 is 43.2 Å². The summed E-state index contributed by atoms with van der Waals surface area (Å²) in [5, 5.41) is 5.51. The minimum Gasteiger partial charge on any atom is -0.336 e. The highest BCUT2D eigenvalue weighted by molar-refractivity contribution is 9.10. The van der Waals surface area contributed by atoms with Crippen LogP contribution in [0.2, 0.25) is 0 Å². The number of rotatable bonds is 6. The Labute approximate surface area is 136 Å². The van der Waals surface area contributed by atoms with E-state index in [0.29, 0.717) is 20.3 Å². The number of hydrogen-bond donors (Lipinski definition) is 1. The van der Waals surface area contributed by atoms with Crippen LogP contribution in [0.5, 0.6) is 0 Å². The molecule has 0 bridgehead atoms. The summed E-state index contributed by atoms with van der Waals surface area (Å²) in [5.41, 5.74) is 1.44. The number of aryl methyl sites for hydroxylation is 2. The van der Waals surface area contributed by atoms with Crippen LogP contribution in [-0.4, -0.2) is 13.6 Å². The summed E-state index contributed by atoms with van der Waals surface area (Å²) in [7, 11) is -3.65. The first kappa shape index (κ1) is 16.5. The van der Waals surface area contributed by atoms with Crippen LogP contribution in [0.1, 0.15) is 31.5 Å². The van der Waals surface area contributed by atoms with Crippen LogP contribution >= 0.6 is 27.3 Å². The Bertz CT molecular complexity index is 720. The molecule has 0 saturated carbocycles. The Morgan fingerprint density at radius 3 is 2.76 bits per heavy atom. The second-order valence-corrected chi connectivity index (χ2v) is 8.77. The lowest BCUT2D eigenvalue weighted by molar-refractivity contribution is 0.430. The van der Waals surface area contributed by atoms with Crippen LogP contribution < -0.4 is 4.72 Å². The third-order valence-corrected chi connectivity index (χ3v) is 6.79. The fourth-order valence-corrected chi connectivity index (χ4v) is 4.62. The maximum atomic E-state index is 12.5. The number of sulfonamides is 1. The lowest BCUT2D eigenvalue weighted by Gasteiger charge is -2.08. The molecule has 0 aliphatic heterocycles. The fourth-order valence-electron chi connectivity index (χ4n) is 1.78. The van der Waals surface area contributed by atoms with Gasteiger partial charge in [-0.1, -0.05) is 19.0 Å². The molecule has 5 nitrogen and oxygen atoms in total. The average molecular weight is 393 g/mol. The molecule has 0 aliphatic carbocycles. The van der Waals surface area contributed by atoms with E-state index in [0.717, 1.165) is 18.4 Å². The van der Waals surface area contributed by atoms with E-state index in [9.17, 15) is 8.42 Å².